The first-order valence-electron chi connectivity index (χ1n) is 11.8. The highest BCUT2D eigenvalue weighted by atomic mass is 32.2. The predicted octanol–water partition coefficient (Wildman–Crippen LogP) is 2.74. The Balaban J connectivity index is 1.45. The van der Waals surface area contributed by atoms with Gasteiger partial charge < -0.3 is 20.6 Å². The first-order valence-corrected chi connectivity index (χ1v) is 13.7. The summed E-state index contributed by atoms with van der Waals surface area (Å²) < 4.78 is 65.2. The van der Waals surface area contributed by atoms with Crippen molar-refractivity contribution in [3.05, 3.63) is 41.7 Å². The van der Waals surface area contributed by atoms with Gasteiger partial charge in [-0.2, -0.15) is 13.2 Å². The van der Waals surface area contributed by atoms with Gasteiger partial charge in [0.2, 0.25) is 5.91 Å². The second-order valence-corrected chi connectivity index (χ2v) is 11.0. The van der Waals surface area contributed by atoms with Crippen LogP contribution in [0, 0.1) is 0 Å². The average Bonchev–Trinajstić information content (AvgIpc) is 3.43. The van der Waals surface area contributed by atoms with Crippen LogP contribution in [0.1, 0.15) is 24.0 Å². The number of carbonyl (C=O) groups is 2. The molecule has 3 atom stereocenters. The second-order valence-electron chi connectivity index (χ2n) is 9.20. The minimum Gasteiger partial charge on any atom is -0.480 e. The number of carboxylic acid groups (broad SMARTS) is 1. The molecule has 5 rings (SSSR count). The molecule has 16 heteroatoms. The van der Waals surface area contributed by atoms with Crippen LogP contribution in [-0.2, 0) is 33.5 Å². The van der Waals surface area contributed by atoms with Crippen LogP contribution in [0.3, 0.4) is 0 Å². The highest BCUT2D eigenvalue weighted by Crippen LogP contribution is 2.38. The van der Waals surface area contributed by atoms with Crippen LogP contribution < -0.4 is 14.9 Å². The SMILES string of the molecule is Nc1nccc2cc(C[C@H](C(=O)O)N3CC[C@H](N(c4cnc(N5CCC5)s4)S(=O)O)C3=O)c(C(F)(F)F)cc12. The number of rotatable bonds is 8. The Bertz CT molecular complexity index is 1460. The minimum atomic E-state index is -4.82. The number of alkyl halides is 3. The van der Waals surface area contributed by atoms with Crippen LogP contribution in [0.5, 0.6) is 0 Å². The number of anilines is 3. The normalized spacial score (nSPS) is 19.3. The van der Waals surface area contributed by atoms with E-state index < -0.39 is 53.4 Å². The van der Waals surface area contributed by atoms with Crippen LogP contribution in [0.2, 0.25) is 0 Å². The van der Waals surface area contributed by atoms with Crippen LogP contribution in [0.25, 0.3) is 10.8 Å². The molecule has 0 saturated carbocycles. The maximum Gasteiger partial charge on any atom is 0.416 e. The zero-order chi connectivity index (χ0) is 28.1. The summed E-state index contributed by atoms with van der Waals surface area (Å²) >= 11 is -1.51. The van der Waals surface area contributed by atoms with Gasteiger partial charge in [-0.15, -0.1) is 0 Å². The molecule has 0 bridgehead atoms. The molecule has 3 aromatic rings. The Morgan fingerprint density at radius 3 is 2.64 bits per heavy atom. The van der Waals surface area contributed by atoms with Gasteiger partial charge in [-0.25, -0.2) is 23.3 Å². The number of hydrogen-bond donors (Lipinski definition) is 3. The van der Waals surface area contributed by atoms with E-state index in [0.29, 0.717) is 10.5 Å². The van der Waals surface area contributed by atoms with Gasteiger partial charge in [-0.1, -0.05) is 17.4 Å². The zero-order valence-corrected chi connectivity index (χ0v) is 21.8. The van der Waals surface area contributed by atoms with Crippen molar-refractivity contribution in [1.29, 1.82) is 0 Å². The number of nitrogen functional groups attached to an aromatic ring is 1. The highest BCUT2D eigenvalue weighted by Gasteiger charge is 2.45. The number of amides is 1. The zero-order valence-electron chi connectivity index (χ0n) is 20.2. The monoisotopic (exact) mass is 584 g/mol. The van der Waals surface area contributed by atoms with Crippen LogP contribution >= 0.6 is 11.3 Å². The lowest BCUT2D eigenvalue weighted by Crippen LogP contribution is -2.48. The first-order chi connectivity index (χ1) is 18.5. The predicted molar refractivity (Wildman–Crippen MR) is 139 cm³/mol. The van der Waals surface area contributed by atoms with Gasteiger partial charge in [-0.3, -0.25) is 9.35 Å². The molecule has 2 fully saturated rings. The lowest BCUT2D eigenvalue weighted by atomic mass is 9.95. The van der Waals surface area contributed by atoms with Crippen molar-refractivity contribution in [2.45, 2.75) is 37.5 Å². The Morgan fingerprint density at radius 1 is 1.28 bits per heavy atom. The van der Waals surface area contributed by atoms with Crippen LogP contribution in [-0.4, -0.2) is 72.3 Å². The molecular weight excluding hydrogens is 561 g/mol. The first kappa shape index (κ1) is 27.1. The number of hydrogen-bond acceptors (Lipinski definition) is 8. The van der Waals surface area contributed by atoms with E-state index in [9.17, 15) is 36.6 Å². The summed E-state index contributed by atoms with van der Waals surface area (Å²) in [5.41, 5.74) is 4.35. The lowest BCUT2D eigenvalue weighted by Gasteiger charge is -2.30. The summed E-state index contributed by atoms with van der Waals surface area (Å²) in [7, 11) is 0. The van der Waals surface area contributed by atoms with Crippen LogP contribution in [0.4, 0.5) is 29.1 Å². The van der Waals surface area contributed by atoms with Crippen molar-refractivity contribution in [2.24, 2.45) is 0 Å². The Hall–Kier alpha value is -3.50. The molecule has 39 heavy (non-hydrogen) atoms. The van der Waals surface area contributed by atoms with Crippen molar-refractivity contribution in [3.8, 4) is 0 Å². The maximum absolute atomic E-state index is 14.0. The van der Waals surface area contributed by atoms with Gasteiger partial charge in [0, 0.05) is 37.6 Å². The molecule has 4 heterocycles. The summed E-state index contributed by atoms with van der Waals surface area (Å²) in [6.07, 6.45) is -1.76. The number of carboxylic acids is 1. The number of thiazole rings is 1. The highest BCUT2D eigenvalue weighted by molar-refractivity contribution is 7.81. The van der Waals surface area contributed by atoms with Crippen molar-refractivity contribution < 1.29 is 36.6 Å². The number of nitrogens with two attached hydrogens (primary N) is 1. The maximum atomic E-state index is 14.0. The lowest BCUT2D eigenvalue weighted by molar-refractivity contribution is -0.149. The minimum absolute atomic E-state index is 0.00207. The fraction of sp³-hybridized carbons (Fsp3) is 0.391. The standard InChI is InChI=1S/C23H23F3N6O5S2/c24-23(25,26)15-10-14-12(2-4-28-19(14)27)8-13(15)9-17(21(34)35)31-7-3-16(20(31)33)32(39(36)37)18-11-29-22(38-18)30-5-1-6-30/h2,4,8,10-11,16-17H,1,3,5-7,9H2,(H2,27,28)(H,34,35)(H,36,37)/t16-,17+/m0/s1. The van der Waals surface area contributed by atoms with E-state index in [0.717, 1.165) is 46.1 Å². The van der Waals surface area contributed by atoms with Crippen LogP contribution in [0.15, 0.2) is 30.6 Å². The Labute approximate surface area is 226 Å². The van der Waals surface area contributed by atoms with E-state index >= 15 is 0 Å². The fourth-order valence-electron chi connectivity index (χ4n) is 4.83. The van der Waals surface area contributed by atoms with E-state index in [1.165, 1.54) is 24.5 Å². The fourth-order valence-corrected chi connectivity index (χ4v) is 6.67. The molecule has 2 saturated heterocycles. The number of likely N-dealkylation sites (tertiary alicyclic amines) is 1. The summed E-state index contributed by atoms with van der Waals surface area (Å²) in [6.45, 7) is 1.46. The van der Waals surface area contributed by atoms with E-state index in [1.807, 2.05) is 4.90 Å². The molecule has 208 valence electrons. The molecule has 1 aromatic carbocycles. The summed E-state index contributed by atoms with van der Waals surface area (Å²) in [4.78, 5) is 36.7. The molecule has 2 aromatic heterocycles. The molecule has 1 amide bonds. The van der Waals surface area contributed by atoms with Crippen molar-refractivity contribution in [3.63, 3.8) is 0 Å². The molecule has 1 unspecified atom stereocenters. The number of halogens is 3. The topological polar surface area (TPSA) is 153 Å². The number of nitrogens with zero attached hydrogens (tertiary/aromatic N) is 5. The van der Waals surface area contributed by atoms with E-state index in [4.69, 9.17) is 5.73 Å². The third-order valence-electron chi connectivity index (χ3n) is 6.89. The Kier molecular flexibility index (Phi) is 7.11. The second kappa shape index (κ2) is 10.2. The summed E-state index contributed by atoms with van der Waals surface area (Å²) in [5, 5.41) is 11.3. The number of aromatic nitrogens is 2. The molecule has 0 radical (unpaired) electrons. The summed E-state index contributed by atoms with van der Waals surface area (Å²) in [6, 6.07) is 0.657. The summed E-state index contributed by atoms with van der Waals surface area (Å²) in [5.74, 6) is -2.37. The Morgan fingerprint density at radius 2 is 2.03 bits per heavy atom. The quantitative estimate of drug-likeness (QED) is 0.339. The molecular formula is C23H23F3N6O5S2. The number of carbonyl (C=O) groups excluding carboxylic acids is 1. The number of benzene rings is 1. The third kappa shape index (κ3) is 5.10. The van der Waals surface area contributed by atoms with Gasteiger partial charge in [0.15, 0.2) is 5.13 Å². The van der Waals surface area contributed by atoms with Crippen molar-refractivity contribution in [2.75, 3.05) is 34.6 Å². The number of pyridine rings is 1. The number of aliphatic carboxylic acids is 1. The van der Waals surface area contributed by atoms with E-state index in [2.05, 4.69) is 9.97 Å². The van der Waals surface area contributed by atoms with Crippen molar-refractivity contribution >= 4 is 61.2 Å². The molecule has 4 N–H and O–H groups in total. The molecule has 0 aliphatic carbocycles. The van der Waals surface area contributed by atoms with Gasteiger partial charge in [0.05, 0.1) is 11.8 Å². The van der Waals surface area contributed by atoms with Gasteiger partial charge >= 0.3 is 12.1 Å². The third-order valence-corrected chi connectivity index (χ3v) is 8.85. The van der Waals surface area contributed by atoms with Gasteiger partial charge in [-0.05, 0) is 35.9 Å². The smallest absolute Gasteiger partial charge is 0.416 e. The average molecular weight is 585 g/mol. The van der Waals surface area contributed by atoms with E-state index in [-0.39, 0.29) is 34.7 Å². The number of fused-ring (bicyclic) bond motifs is 1. The van der Waals surface area contributed by atoms with Gasteiger partial charge in [0.25, 0.3) is 11.3 Å². The van der Waals surface area contributed by atoms with E-state index in [1.54, 1.807) is 0 Å². The largest absolute Gasteiger partial charge is 0.480 e. The molecule has 2 aliphatic rings. The molecule has 0 spiro atoms. The van der Waals surface area contributed by atoms with Gasteiger partial charge in [0.1, 0.15) is 22.9 Å². The molecule has 2 aliphatic heterocycles. The van der Waals surface area contributed by atoms with Crippen molar-refractivity contribution in [1.82, 2.24) is 14.9 Å². The molecule has 11 nitrogen and oxygen atoms in total.